The zero-order valence-electron chi connectivity index (χ0n) is 31.0. The lowest BCUT2D eigenvalue weighted by atomic mass is 10.0. The highest BCUT2D eigenvalue weighted by Gasteiger charge is 2.21. The number of para-hydroxylation sites is 2. The fraction of sp³-hybridized carbons (Fsp3) is 0. The van der Waals surface area contributed by atoms with Crippen molar-refractivity contribution in [3.8, 4) is 39.4 Å². The van der Waals surface area contributed by atoms with E-state index in [1.54, 1.807) is 0 Å². The molecule has 0 spiro atoms. The van der Waals surface area contributed by atoms with Crippen LogP contribution in [-0.2, 0) is 0 Å². The molecule has 2 heterocycles. The topological polar surface area (TPSA) is 34.2 Å². The Bertz CT molecular complexity index is 3220. The number of hydrogen-bond donors (Lipinski definition) is 0. The van der Waals surface area contributed by atoms with Crippen molar-refractivity contribution in [1.29, 1.82) is 0 Å². The minimum absolute atomic E-state index is 0.627. The quantitative estimate of drug-likeness (QED) is 0.164. The van der Waals surface area contributed by atoms with Crippen LogP contribution in [-0.4, -0.2) is 9.55 Å². The van der Waals surface area contributed by atoms with Gasteiger partial charge in [-0.15, -0.1) is 0 Å². The van der Waals surface area contributed by atoms with Crippen LogP contribution < -0.4 is 4.90 Å². The van der Waals surface area contributed by atoms with Crippen LogP contribution in [0.2, 0.25) is 0 Å². The molecule has 0 amide bonds. The molecule has 0 aliphatic heterocycles. The average molecular weight is 730 g/mol. The van der Waals surface area contributed by atoms with Gasteiger partial charge in [-0.05, 0) is 100 Å². The fourth-order valence-corrected chi connectivity index (χ4v) is 8.34. The number of benzene rings is 9. The standard InChI is InChI=1S/C53H35N3O/c1-4-14-37(15-5-1)44-21-12-13-23-48(44)55(42-28-24-36(25-29-42)40-26-32-47-51(34-40)57-53(54-47)39-17-6-2-7-18-39)43-30-31-46-50(35-43)56(41-19-8-3-9-20-41)49-33-27-38-16-10-11-22-45(38)52(46)49/h1-35H. The average Bonchev–Trinajstić information content (AvgIpc) is 3.87. The third-order valence-electron chi connectivity index (χ3n) is 11.0. The number of oxazole rings is 1. The van der Waals surface area contributed by atoms with Gasteiger partial charge in [-0.2, -0.15) is 0 Å². The second-order valence-electron chi connectivity index (χ2n) is 14.4. The Morgan fingerprint density at radius 3 is 1.91 bits per heavy atom. The molecule has 0 fully saturated rings. The number of anilines is 3. The minimum atomic E-state index is 0.627. The van der Waals surface area contributed by atoms with Crippen molar-refractivity contribution in [1.82, 2.24) is 9.55 Å². The summed E-state index contributed by atoms with van der Waals surface area (Å²) >= 11 is 0. The van der Waals surface area contributed by atoms with Crippen LogP contribution in [0.25, 0.3) is 83.1 Å². The zero-order valence-corrected chi connectivity index (χ0v) is 31.0. The molecule has 11 rings (SSSR count). The largest absolute Gasteiger partial charge is 0.436 e. The predicted octanol–water partition coefficient (Wildman–Crippen LogP) is 14.5. The van der Waals surface area contributed by atoms with Crippen molar-refractivity contribution in [2.75, 3.05) is 4.90 Å². The molecule has 0 radical (unpaired) electrons. The molecule has 0 N–H and O–H groups in total. The van der Waals surface area contributed by atoms with E-state index in [1.165, 1.54) is 27.1 Å². The van der Waals surface area contributed by atoms with Gasteiger partial charge >= 0.3 is 0 Å². The van der Waals surface area contributed by atoms with Crippen LogP contribution in [0.3, 0.4) is 0 Å². The molecule has 11 aromatic rings. The summed E-state index contributed by atoms with van der Waals surface area (Å²) in [5.41, 5.74) is 13.8. The Hall–Kier alpha value is -7.69. The summed E-state index contributed by atoms with van der Waals surface area (Å²) in [6, 6.07) is 75.3. The smallest absolute Gasteiger partial charge is 0.227 e. The van der Waals surface area contributed by atoms with Crippen molar-refractivity contribution >= 4 is 60.7 Å². The molecule has 268 valence electrons. The first-order valence-corrected chi connectivity index (χ1v) is 19.3. The first-order valence-electron chi connectivity index (χ1n) is 19.3. The van der Waals surface area contributed by atoms with Crippen molar-refractivity contribution in [3.63, 3.8) is 0 Å². The molecule has 0 saturated heterocycles. The third kappa shape index (κ3) is 5.66. The van der Waals surface area contributed by atoms with Gasteiger partial charge in [0.15, 0.2) is 5.58 Å². The second kappa shape index (κ2) is 13.6. The van der Waals surface area contributed by atoms with Gasteiger partial charge in [0.2, 0.25) is 5.89 Å². The summed E-state index contributed by atoms with van der Waals surface area (Å²) in [5.74, 6) is 0.627. The van der Waals surface area contributed by atoms with Crippen LogP contribution in [0.15, 0.2) is 217 Å². The monoisotopic (exact) mass is 729 g/mol. The second-order valence-corrected chi connectivity index (χ2v) is 14.4. The lowest BCUT2D eigenvalue weighted by Crippen LogP contribution is -2.11. The van der Waals surface area contributed by atoms with E-state index in [0.717, 1.165) is 67.2 Å². The van der Waals surface area contributed by atoms with Crippen LogP contribution in [0, 0.1) is 0 Å². The maximum absolute atomic E-state index is 6.25. The number of nitrogens with zero attached hydrogens (tertiary/aromatic N) is 3. The third-order valence-corrected chi connectivity index (χ3v) is 11.0. The lowest BCUT2D eigenvalue weighted by molar-refractivity contribution is 0.620. The highest BCUT2D eigenvalue weighted by Crippen LogP contribution is 2.44. The molecule has 0 aliphatic carbocycles. The first-order chi connectivity index (χ1) is 28.3. The van der Waals surface area contributed by atoms with Crippen molar-refractivity contribution < 1.29 is 4.42 Å². The summed E-state index contributed by atoms with van der Waals surface area (Å²) in [6.07, 6.45) is 0. The maximum Gasteiger partial charge on any atom is 0.227 e. The number of fused-ring (bicyclic) bond motifs is 6. The van der Waals surface area contributed by atoms with Gasteiger partial charge in [0, 0.05) is 39.0 Å². The van der Waals surface area contributed by atoms with E-state index < -0.39 is 0 Å². The van der Waals surface area contributed by atoms with E-state index in [4.69, 9.17) is 9.40 Å². The Morgan fingerprint density at radius 2 is 1.11 bits per heavy atom. The van der Waals surface area contributed by atoms with E-state index in [1.807, 2.05) is 36.4 Å². The van der Waals surface area contributed by atoms with Crippen molar-refractivity contribution in [2.24, 2.45) is 0 Å². The van der Waals surface area contributed by atoms with E-state index in [2.05, 4.69) is 185 Å². The zero-order chi connectivity index (χ0) is 37.7. The molecule has 0 saturated carbocycles. The Labute approximate surface area is 330 Å². The molecule has 57 heavy (non-hydrogen) atoms. The molecular formula is C53H35N3O. The van der Waals surface area contributed by atoms with E-state index in [-0.39, 0.29) is 0 Å². The molecule has 2 aromatic heterocycles. The maximum atomic E-state index is 6.25. The Kier molecular flexibility index (Phi) is 7.78. The molecule has 0 atom stereocenters. The predicted molar refractivity (Wildman–Crippen MR) is 237 cm³/mol. The van der Waals surface area contributed by atoms with Gasteiger partial charge in [-0.3, -0.25) is 0 Å². The Balaban J connectivity index is 1.09. The highest BCUT2D eigenvalue weighted by atomic mass is 16.3. The van der Waals surface area contributed by atoms with Crippen LogP contribution in [0.1, 0.15) is 0 Å². The van der Waals surface area contributed by atoms with Gasteiger partial charge in [0.05, 0.1) is 16.7 Å². The van der Waals surface area contributed by atoms with E-state index in [9.17, 15) is 0 Å². The van der Waals surface area contributed by atoms with Gasteiger partial charge in [-0.25, -0.2) is 4.98 Å². The fourth-order valence-electron chi connectivity index (χ4n) is 8.34. The molecule has 0 bridgehead atoms. The minimum Gasteiger partial charge on any atom is -0.436 e. The summed E-state index contributed by atoms with van der Waals surface area (Å²) in [7, 11) is 0. The van der Waals surface area contributed by atoms with Crippen LogP contribution in [0.5, 0.6) is 0 Å². The molecule has 4 heteroatoms. The molecule has 9 aromatic carbocycles. The van der Waals surface area contributed by atoms with Crippen LogP contribution in [0.4, 0.5) is 17.1 Å². The molecule has 0 unspecified atom stereocenters. The highest BCUT2D eigenvalue weighted by molar-refractivity contribution is 6.21. The molecular weight excluding hydrogens is 695 g/mol. The number of hydrogen-bond acceptors (Lipinski definition) is 3. The van der Waals surface area contributed by atoms with Crippen molar-refractivity contribution in [2.45, 2.75) is 0 Å². The van der Waals surface area contributed by atoms with Gasteiger partial charge < -0.3 is 13.9 Å². The summed E-state index contributed by atoms with van der Waals surface area (Å²) in [5, 5.41) is 4.97. The lowest BCUT2D eigenvalue weighted by Gasteiger charge is -2.28. The summed E-state index contributed by atoms with van der Waals surface area (Å²) in [4.78, 5) is 7.15. The van der Waals surface area contributed by atoms with Gasteiger partial charge in [0.1, 0.15) is 5.52 Å². The van der Waals surface area contributed by atoms with Gasteiger partial charge in [0.25, 0.3) is 0 Å². The Morgan fingerprint density at radius 1 is 0.439 bits per heavy atom. The normalized spacial score (nSPS) is 11.5. The molecule has 0 aliphatic rings. The first kappa shape index (κ1) is 32.7. The van der Waals surface area contributed by atoms with Gasteiger partial charge in [-0.1, -0.05) is 140 Å². The van der Waals surface area contributed by atoms with Crippen molar-refractivity contribution in [3.05, 3.63) is 212 Å². The van der Waals surface area contributed by atoms with Crippen LogP contribution >= 0.6 is 0 Å². The van der Waals surface area contributed by atoms with E-state index in [0.29, 0.717) is 5.89 Å². The summed E-state index contributed by atoms with van der Waals surface area (Å²) < 4.78 is 8.66. The molecule has 4 nitrogen and oxygen atoms in total. The number of rotatable bonds is 7. The summed E-state index contributed by atoms with van der Waals surface area (Å²) in [6.45, 7) is 0. The van der Waals surface area contributed by atoms with E-state index >= 15 is 0 Å². The number of aromatic nitrogens is 2. The SMILES string of the molecule is c1ccc(-c2nc3ccc(-c4ccc(N(c5ccc6c7c8ccccc8ccc7n(-c7ccccc7)c6c5)c5ccccc5-c5ccccc5)cc4)cc3o2)cc1.